The number of hydrogen-bond acceptors (Lipinski definition) is 4. The van der Waals surface area contributed by atoms with Crippen LogP contribution in [0.2, 0.25) is 5.15 Å². The summed E-state index contributed by atoms with van der Waals surface area (Å²) < 4.78 is 5.60. The number of ether oxygens (including phenoxy) is 1. The first-order chi connectivity index (χ1) is 8.13. The van der Waals surface area contributed by atoms with Crippen LogP contribution in [-0.2, 0) is 17.6 Å². The monoisotopic (exact) mass is 268 g/mol. The molecule has 0 aliphatic heterocycles. The molecule has 0 saturated heterocycles. The van der Waals surface area contributed by atoms with Gasteiger partial charge in [0.25, 0.3) is 0 Å². The van der Waals surface area contributed by atoms with Crippen molar-refractivity contribution in [2.75, 3.05) is 7.11 Å². The number of fused-ring (bicyclic) bond motifs is 3. The quantitative estimate of drug-likeness (QED) is 0.745. The molecule has 1 unspecified atom stereocenters. The van der Waals surface area contributed by atoms with Crippen molar-refractivity contribution < 1.29 is 4.74 Å². The standard InChI is InChI=1S/C12H13ClN2OS/c1-12(16-2)4-3-7-8(5-12)17-11-9(7)10(13)14-6-15-11/h6H,3-5H2,1-2H3. The predicted molar refractivity (Wildman–Crippen MR) is 69.9 cm³/mol. The lowest BCUT2D eigenvalue weighted by atomic mass is 9.85. The summed E-state index contributed by atoms with van der Waals surface area (Å²) in [4.78, 5) is 10.7. The van der Waals surface area contributed by atoms with Crippen LogP contribution in [-0.4, -0.2) is 22.7 Å². The maximum atomic E-state index is 6.16. The molecule has 2 heterocycles. The molecule has 1 aliphatic rings. The predicted octanol–water partition coefficient (Wildman–Crippen LogP) is 3.24. The summed E-state index contributed by atoms with van der Waals surface area (Å²) in [5.41, 5.74) is 1.28. The molecule has 0 fully saturated rings. The Morgan fingerprint density at radius 2 is 2.29 bits per heavy atom. The van der Waals surface area contributed by atoms with E-state index in [1.54, 1.807) is 18.4 Å². The van der Waals surface area contributed by atoms with Crippen molar-refractivity contribution in [2.45, 2.75) is 31.8 Å². The van der Waals surface area contributed by atoms with Crippen molar-refractivity contribution in [3.05, 3.63) is 21.9 Å². The Kier molecular flexibility index (Phi) is 2.61. The van der Waals surface area contributed by atoms with Crippen LogP contribution < -0.4 is 0 Å². The van der Waals surface area contributed by atoms with E-state index in [9.17, 15) is 0 Å². The van der Waals surface area contributed by atoms with E-state index in [0.29, 0.717) is 5.15 Å². The number of aromatic nitrogens is 2. The lowest BCUT2D eigenvalue weighted by Gasteiger charge is -2.32. The summed E-state index contributed by atoms with van der Waals surface area (Å²) in [6, 6.07) is 0. The third-order valence-electron chi connectivity index (χ3n) is 3.56. The smallest absolute Gasteiger partial charge is 0.141 e. The van der Waals surface area contributed by atoms with Crippen LogP contribution in [0.25, 0.3) is 10.2 Å². The van der Waals surface area contributed by atoms with E-state index in [-0.39, 0.29) is 5.60 Å². The Morgan fingerprint density at radius 3 is 3.06 bits per heavy atom. The van der Waals surface area contributed by atoms with Gasteiger partial charge in [-0.1, -0.05) is 11.6 Å². The van der Waals surface area contributed by atoms with Gasteiger partial charge >= 0.3 is 0 Å². The van der Waals surface area contributed by atoms with Gasteiger partial charge in [-0.05, 0) is 25.3 Å². The molecule has 0 spiro atoms. The third-order valence-corrected chi connectivity index (χ3v) is 4.98. The van der Waals surface area contributed by atoms with Crippen molar-refractivity contribution >= 4 is 33.2 Å². The first-order valence-corrected chi connectivity index (χ1v) is 6.78. The normalized spacial score (nSPS) is 23.9. The highest BCUT2D eigenvalue weighted by Gasteiger charge is 2.32. The van der Waals surface area contributed by atoms with E-state index in [1.807, 2.05) is 0 Å². The van der Waals surface area contributed by atoms with E-state index >= 15 is 0 Å². The summed E-state index contributed by atoms with van der Waals surface area (Å²) in [5, 5.41) is 1.63. The van der Waals surface area contributed by atoms with Gasteiger partial charge in [0.2, 0.25) is 0 Å². The van der Waals surface area contributed by atoms with Crippen LogP contribution in [0.1, 0.15) is 23.8 Å². The fourth-order valence-corrected chi connectivity index (χ4v) is 4.06. The molecule has 0 saturated carbocycles. The highest BCUT2D eigenvalue weighted by atomic mass is 35.5. The Labute approximate surface area is 109 Å². The highest BCUT2D eigenvalue weighted by molar-refractivity contribution is 7.19. The number of aryl methyl sites for hydroxylation is 1. The van der Waals surface area contributed by atoms with Crippen LogP contribution in [0.4, 0.5) is 0 Å². The van der Waals surface area contributed by atoms with Crippen LogP contribution in [0, 0.1) is 0 Å². The first kappa shape index (κ1) is 11.4. The van der Waals surface area contributed by atoms with Crippen LogP contribution in [0.5, 0.6) is 0 Å². The topological polar surface area (TPSA) is 35.0 Å². The molecule has 17 heavy (non-hydrogen) atoms. The van der Waals surface area contributed by atoms with Crippen LogP contribution in [0.15, 0.2) is 6.33 Å². The second-order valence-corrected chi connectivity index (χ2v) is 6.12. The Bertz CT molecular complexity index is 583. The minimum atomic E-state index is -0.0478. The van der Waals surface area contributed by atoms with Gasteiger partial charge in [0, 0.05) is 18.4 Å². The number of nitrogens with zero attached hydrogens (tertiary/aromatic N) is 2. The van der Waals surface area contributed by atoms with Crippen LogP contribution in [0.3, 0.4) is 0 Å². The summed E-state index contributed by atoms with van der Waals surface area (Å²) in [7, 11) is 1.78. The molecular weight excluding hydrogens is 256 g/mol. The average Bonchev–Trinajstić information content (AvgIpc) is 2.67. The van der Waals surface area contributed by atoms with E-state index < -0.39 is 0 Å². The maximum absolute atomic E-state index is 6.16. The van der Waals surface area contributed by atoms with Gasteiger partial charge in [-0.3, -0.25) is 0 Å². The van der Waals surface area contributed by atoms with E-state index in [4.69, 9.17) is 16.3 Å². The molecule has 1 aliphatic carbocycles. The lowest BCUT2D eigenvalue weighted by Crippen LogP contribution is -2.33. The summed E-state index contributed by atoms with van der Waals surface area (Å²) in [5.74, 6) is 0. The number of methoxy groups -OCH3 is 1. The molecule has 2 aromatic rings. The van der Waals surface area contributed by atoms with E-state index in [2.05, 4.69) is 16.9 Å². The van der Waals surface area contributed by atoms with Gasteiger partial charge in [-0.25, -0.2) is 9.97 Å². The zero-order valence-electron chi connectivity index (χ0n) is 9.79. The molecule has 2 aromatic heterocycles. The van der Waals surface area contributed by atoms with Gasteiger partial charge in [0.15, 0.2) is 0 Å². The second-order valence-electron chi connectivity index (χ2n) is 4.68. The van der Waals surface area contributed by atoms with Crippen molar-refractivity contribution in [1.29, 1.82) is 0 Å². The van der Waals surface area contributed by atoms with Gasteiger partial charge < -0.3 is 4.74 Å². The molecule has 0 radical (unpaired) electrons. The zero-order chi connectivity index (χ0) is 12.0. The SMILES string of the molecule is COC1(C)CCc2c(sc3ncnc(Cl)c23)C1. The Balaban J connectivity index is 2.17. The van der Waals surface area contributed by atoms with Gasteiger partial charge in [-0.15, -0.1) is 11.3 Å². The zero-order valence-corrected chi connectivity index (χ0v) is 11.4. The summed E-state index contributed by atoms with van der Waals surface area (Å²) in [6.07, 6.45) is 4.48. The number of thiophene rings is 1. The minimum absolute atomic E-state index is 0.0478. The number of rotatable bonds is 1. The second kappa shape index (κ2) is 3.90. The molecule has 3 rings (SSSR count). The highest BCUT2D eigenvalue weighted by Crippen LogP contribution is 2.41. The van der Waals surface area contributed by atoms with Gasteiger partial charge in [0.05, 0.1) is 11.0 Å². The van der Waals surface area contributed by atoms with Crippen LogP contribution >= 0.6 is 22.9 Å². The number of halogens is 1. The first-order valence-electron chi connectivity index (χ1n) is 5.59. The third kappa shape index (κ3) is 1.75. The fraction of sp³-hybridized carbons (Fsp3) is 0.500. The lowest BCUT2D eigenvalue weighted by molar-refractivity contribution is -0.00395. The Morgan fingerprint density at radius 1 is 1.47 bits per heavy atom. The molecule has 1 atom stereocenters. The molecule has 0 bridgehead atoms. The van der Waals surface area contributed by atoms with E-state index in [0.717, 1.165) is 29.5 Å². The largest absolute Gasteiger partial charge is 0.378 e. The molecule has 0 amide bonds. The fourth-order valence-electron chi connectivity index (χ4n) is 2.40. The minimum Gasteiger partial charge on any atom is -0.378 e. The summed E-state index contributed by atoms with van der Waals surface area (Å²) in [6.45, 7) is 2.16. The van der Waals surface area contributed by atoms with Crippen molar-refractivity contribution in [3.8, 4) is 0 Å². The van der Waals surface area contributed by atoms with Gasteiger partial charge in [-0.2, -0.15) is 0 Å². The summed E-state index contributed by atoms with van der Waals surface area (Å²) >= 11 is 7.88. The van der Waals surface area contributed by atoms with E-state index in [1.165, 1.54) is 16.8 Å². The van der Waals surface area contributed by atoms with Crippen molar-refractivity contribution in [1.82, 2.24) is 9.97 Å². The van der Waals surface area contributed by atoms with Gasteiger partial charge in [0.1, 0.15) is 16.3 Å². The van der Waals surface area contributed by atoms with Crippen molar-refractivity contribution in [2.24, 2.45) is 0 Å². The molecule has 3 nitrogen and oxygen atoms in total. The average molecular weight is 269 g/mol. The maximum Gasteiger partial charge on any atom is 0.141 e. The Hall–Kier alpha value is -0.710. The molecular formula is C12H13ClN2OS. The molecule has 0 N–H and O–H groups in total. The molecule has 90 valence electrons. The van der Waals surface area contributed by atoms with Crippen molar-refractivity contribution in [3.63, 3.8) is 0 Å². The molecule has 5 heteroatoms. The number of hydrogen-bond donors (Lipinski definition) is 0. The molecule has 0 aromatic carbocycles.